The van der Waals surface area contributed by atoms with Gasteiger partial charge in [0.2, 0.25) is 0 Å². The molecule has 1 aliphatic heterocycles. The maximum absolute atomic E-state index is 13.3. The van der Waals surface area contributed by atoms with E-state index in [9.17, 15) is 14.0 Å². The van der Waals surface area contributed by atoms with Gasteiger partial charge in [0.05, 0.1) is 10.7 Å². The van der Waals surface area contributed by atoms with Crippen molar-refractivity contribution in [1.82, 2.24) is 5.43 Å². The summed E-state index contributed by atoms with van der Waals surface area (Å²) in [5, 5.41) is 1.40. The summed E-state index contributed by atoms with van der Waals surface area (Å²) in [6, 6.07) is 14.2. The van der Waals surface area contributed by atoms with Crippen LogP contribution >= 0.6 is 23.2 Å². The van der Waals surface area contributed by atoms with Crippen LogP contribution in [0.3, 0.4) is 0 Å². The molecule has 8 heteroatoms. The van der Waals surface area contributed by atoms with E-state index >= 15 is 0 Å². The zero-order valence-electron chi connectivity index (χ0n) is 14.1. The molecule has 1 aliphatic rings. The van der Waals surface area contributed by atoms with Crippen molar-refractivity contribution in [3.8, 4) is 11.3 Å². The fourth-order valence-electron chi connectivity index (χ4n) is 2.73. The van der Waals surface area contributed by atoms with E-state index in [0.717, 1.165) is 16.6 Å². The van der Waals surface area contributed by atoms with Gasteiger partial charge >= 0.3 is 0 Å². The van der Waals surface area contributed by atoms with Crippen molar-refractivity contribution in [2.24, 2.45) is 0 Å². The Balaban J connectivity index is 1.62. The van der Waals surface area contributed by atoms with Gasteiger partial charge in [-0.15, -0.1) is 0 Å². The predicted octanol–water partition coefficient (Wildman–Crippen LogP) is 4.85. The minimum atomic E-state index is -0.622. The molecule has 1 fully saturated rings. The van der Waals surface area contributed by atoms with Gasteiger partial charge in [0, 0.05) is 10.6 Å². The van der Waals surface area contributed by atoms with Crippen LogP contribution in [0.4, 0.5) is 10.1 Å². The van der Waals surface area contributed by atoms with E-state index < -0.39 is 17.6 Å². The molecule has 1 saturated heterocycles. The Labute approximate surface area is 168 Å². The number of nitrogens with zero attached hydrogens (tertiary/aromatic N) is 1. The van der Waals surface area contributed by atoms with Crippen molar-refractivity contribution in [2.45, 2.75) is 0 Å². The standard InChI is InChI=1S/C20H11Cl2FN2O3/c21-12-3-1-2-11(8-12)18-7-5-14(28-18)10-15-19(26)24-25(20(15)27)13-4-6-17(23)16(22)9-13/h1-10H,(H,24,26). The third-order valence-corrected chi connectivity index (χ3v) is 4.60. The van der Waals surface area contributed by atoms with Crippen LogP contribution in [0, 0.1) is 5.82 Å². The predicted molar refractivity (Wildman–Crippen MR) is 104 cm³/mol. The van der Waals surface area contributed by atoms with Crippen LogP contribution in [-0.4, -0.2) is 11.8 Å². The third kappa shape index (κ3) is 3.40. The number of benzene rings is 2. The van der Waals surface area contributed by atoms with Crippen LogP contribution in [0.1, 0.15) is 5.76 Å². The Hall–Kier alpha value is -3.09. The Kier molecular flexibility index (Phi) is 4.66. The van der Waals surface area contributed by atoms with Crippen LogP contribution in [0.25, 0.3) is 17.4 Å². The van der Waals surface area contributed by atoms with Crippen molar-refractivity contribution in [1.29, 1.82) is 0 Å². The van der Waals surface area contributed by atoms with E-state index in [1.807, 2.05) is 6.07 Å². The van der Waals surface area contributed by atoms with Gasteiger partial charge in [0.1, 0.15) is 22.9 Å². The number of rotatable bonds is 3. The molecule has 28 heavy (non-hydrogen) atoms. The Bertz CT molecular complexity index is 1140. The quantitative estimate of drug-likeness (QED) is 0.490. The molecule has 4 rings (SSSR count). The molecule has 3 aromatic rings. The maximum Gasteiger partial charge on any atom is 0.282 e. The minimum Gasteiger partial charge on any atom is -0.457 e. The van der Waals surface area contributed by atoms with E-state index in [-0.39, 0.29) is 16.3 Å². The first-order chi connectivity index (χ1) is 13.4. The van der Waals surface area contributed by atoms with Gasteiger partial charge in [-0.1, -0.05) is 35.3 Å². The smallest absolute Gasteiger partial charge is 0.282 e. The Morgan fingerprint density at radius 2 is 1.86 bits per heavy atom. The first kappa shape index (κ1) is 18.3. The Morgan fingerprint density at radius 3 is 2.61 bits per heavy atom. The maximum atomic E-state index is 13.3. The lowest BCUT2D eigenvalue weighted by molar-refractivity contribution is -0.117. The van der Waals surface area contributed by atoms with Gasteiger partial charge in [0.25, 0.3) is 11.8 Å². The van der Waals surface area contributed by atoms with Crippen molar-refractivity contribution >= 4 is 46.8 Å². The number of anilines is 1. The van der Waals surface area contributed by atoms with E-state index in [1.165, 1.54) is 18.2 Å². The molecule has 0 spiro atoms. The SMILES string of the molecule is O=C1NN(c2ccc(F)c(Cl)c2)C(=O)C1=Cc1ccc(-c2cccc(Cl)c2)o1. The molecule has 0 aliphatic carbocycles. The highest BCUT2D eigenvalue weighted by Crippen LogP contribution is 2.28. The monoisotopic (exact) mass is 416 g/mol. The first-order valence-corrected chi connectivity index (χ1v) is 8.86. The summed E-state index contributed by atoms with van der Waals surface area (Å²) in [6.07, 6.45) is 1.34. The summed E-state index contributed by atoms with van der Waals surface area (Å²) in [7, 11) is 0. The zero-order chi connectivity index (χ0) is 19.8. The molecule has 1 N–H and O–H groups in total. The number of nitrogens with one attached hydrogen (secondary N) is 1. The average molecular weight is 417 g/mol. The number of halogens is 3. The molecule has 5 nitrogen and oxygen atoms in total. The van der Waals surface area contributed by atoms with Gasteiger partial charge in [0.15, 0.2) is 0 Å². The van der Waals surface area contributed by atoms with Gasteiger partial charge in [-0.3, -0.25) is 15.0 Å². The molecule has 0 bridgehead atoms. The fraction of sp³-hybridized carbons (Fsp3) is 0. The number of hydrogen-bond donors (Lipinski definition) is 1. The van der Waals surface area contributed by atoms with Crippen molar-refractivity contribution in [3.05, 3.63) is 81.8 Å². The van der Waals surface area contributed by atoms with Crippen LogP contribution < -0.4 is 10.4 Å². The van der Waals surface area contributed by atoms with E-state index in [2.05, 4.69) is 5.43 Å². The molecule has 140 valence electrons. The van der Waals surface area contributed by atoms with Gasteiger partial charge in [-0.05, 0) is 48.5 Å². The summed E-state index contributed by atoms with van der Waals surface area (Å²) in [4.78, 5) is 24.9. The number of carbonyl (C=O) groups excluding carboxylic acids is 2. The molecule has 2 aromatic carbocycles. The van der Waals surface area contributed by atoms with E-state index in [0.29, 0.717) is 16.5 Å². The van der Waals surface area contributed by atoms with Crippen LogP contribution in [0.5, 0.6) is 0 Å². The molecule has 0 unspecified atom stereocenters. The van der Waals surface area contributed by atoms with Gasteiger partial charge < -0.3 is 4.42 Å². The topological polar surface area (TPSA) is 62.6 Å². The lowest BCUT2D eigenvalue weighted by atomic mass is 10.2. The normalized spacial score (nSPS) is 15.4. The lowest BCUT2D eigenvalue weighted by Crippen LogP contribution is -2.35. The highest BCUT2D eigenvalue weighted by Gasteiger charge is 2.35. The second-order valence-electron chi connectivity index (χ2n) is 5.95. The average Bonchev–Trinajstić information content (AvgIpc) is 3.24. The molecule has 1 aromatic heterocycles. The summed E-state index contributed by atoms with van der Waals surface area (Å²) < 4.78 is 19.0. The van der Waals surface area contributed by atoms with Crippen molar-refractivity contribution in [2.75, 3.05) is 5.01 Å². The second kappa shape index (κ2) is 7.14. The number of furan rings is 1. The third-order valence-electron chi connectivity index (χ3n) is 4.08. The molecule has 0 radical (unpaired) electrons. The molecule has 2 amide bonds. The highest BCUT2D eigenvalue weighted by atomic mass is 35.5. The summed E-state index contributed by atoms with van der Waals surface area (Å²) in [6.45, 7) is 0. The van der Waals surface area contributed by atoms with E-state index in [4.69, 9.17) is 27.6 Å². The zero-order valence-corrected chi connectivity index (χ0v) is 15.6. The fourth-order valence-corrected chi connectivity index (χ4v) is 3.10. The largest absolute Gasteiger partial charge is 0.457 e. The number of amides is 2. The first-order valence-electron chi connectivity index (χ1n) is 8.10. The van der Waals surface area contributed by atoms with Crippen LogP contribution in [-0.2, 0) is 9.59 Å². The number of hydrazine groups is 1. The number of hydrogen-bond acceptors (Lipinski definition) is 3. The van der Waals surface area contributed by atoms with Crippen molar-refractivity contribution in [3.63, 3.8) is 0 Å². The van der Waals surface area contributed by atoms with Crippen molar-refractivity contribution < 1.29 is 18.4 Å². The summed E-state index contributed by atoms with van der Waals surface area (Å²) >= 11 is 11.7. The van der Waals surface area contributed by atoms with Gasteiger partial charge in [-0.25, -0.2) is 9.40 Å². The molecule has 2 heterocycles. The minimum absolute atomic E-state index is 0.118. The Morgan fingerprint density at radius 1 is 1.04 bits per heavy atom. The van der Waals surface area contributed by atoms with Crippen LogP contribution in [0.2, 0.25) is 10.0 Å². The molecular weight excluding hydrogens is 406 g/mol. The van der Waals surface area contributed by atoms with Gasteiger partial charge in [-0.2, -0.15) is 0 Å². The van der Waals surface area contributed by atoms with Crippen LogP contribution in [0.15, 0.2) is 64.6 Å². The second-order valence-corrected chi connectivity index (χ2v) is 6.79. The highest BCUT2D eigenvalue weighted by molar-refractivity contribution is 6.33. The number of carbonyl (C=O) groups is 2. The molecule has 0 saturated carbocycles. The lowest BCUT2D eigenvalue weighted by Gasteiger charge is -2.14. The molecule has 0 atom stereocenters. The molecular formula is C20H11Cl2FN2O3. The summed E-state index contributed by atoms with van der Waals surface area (Å²) in [5.74, 6) is -0.961. The van der Waals surface area contributed by atoms with E-state index in [1.54, 1.807) is 30.3 Å². The summed E-state index contributed by atoms with van der Waals surface area (Å²) in [5.41, 5.74) is 3.31.